The van der Waals surface area contributed by atoms with E-state index in [1.165, 1.54) is 4.31 Å². The number of hydrogen-bond acceptors (Lipinski definition) is 3. The maximum absolute atomic E-state index is 13.1. The van der Waals surface area contributed by atoms with Crippen molar-refractivity contribution in [3.8, 4) is 0 Å². The van der Waals surface area contributed by atoms with Gasteiger partial charge in [-0.05, 0) is 50.7 Å². The Balaban J connectivity index is 1.81. The van der Waals surface area contributed by atoms with Crippen LogP contribution < -0.4 is 0 Å². The fraction of sp³-hybridized carbons (Fsp3) is 0.500. The van der Waals surface area contributed by atoms with Crippen LogP contribution in [0.4, 0.5) is 0 Å². The van der Waals surface area contributed by atoms with E-state index in [1.807, 2.05) is 19.1 Å². The van der Waals surface area contributed by atoms with Crippen LogP contribution in [0.5, 0.6) is 0 Å². The summed E-state index contributed by atoms with van der Waals surface area (Å²) in [6, 6.07) is 6.98. The number of benzene rings is 1. The summed E-state index contributed by atoms with van der Waals surface area (Å²) in [7, 11) is -3.56. The van der Waals surface area contributed by atoms with Gasteiger partial charge in [-0.3, -0.25) is 9.10 Å². The molecule has 0 aromatic heterocycles. The molecule has 2 aliphatic carbocycles. The number of fused-ring (bicyclic) bond motifs is 2. The minimum atomic E-state index is -3.56. The van der Waals surface area contributed by atoms with Crippen molar-refractivity contribution < 1.29 is 13.2 Å². The van der Waals surface area contributed by atoms with Crippen LogP contribution in [0.25, 0.3) is 0 Å². The molecule has 4 nitrogen and oxygen atoms in total. The van der Waals surface area contributed by atoms with E-state index in [4.69, 9.17) is 0 Å². The van der Waals surface area contributed by atoms with Crippen LogP contribution in [0.2, 0.25) is 0 Å². The first kappa shape index (κ1) is 14.9. The second kappa shape index (κ2) is 5.20. The molecule has 2 atom stereocenters. The highest BCUT2D eigenvalue weighted by molar-refractivity contribution is 7.89. The van der Waals surface area contributed by atoms with Gasteiger partial charge in [0.1, 0.15) is 0 Å². The molecule has 0 bridgehead atoms. The van der Waals surface area contributed by atoms with Crippen molar-refractivity contribution >= 4 is 15.8 Å². The summed E-state index contributed by atoms with van der Waals surface area (Å²) in [4.78, 5) is 12.6. The van der Waals surface area contributed by atoms with Gasteiger partial charge in [0.2, 0.25) is 0 Å². The molecule has 23 heavy (non-hydrogen) atoms. The van der Waals surface area contributed by atoms with E-state index >= 15 is 0 Å². The molecule has 3 aliphatic rings. The number of Topliss-reactive ketones (excluding diaryl/α,β-unsaturated/α-hetero) is 1. The molecule has 1 saturated heterocycles. The van der Waals surface area contributed by atoms with Gasteiger partial charge in [-0.15, -0.1) is 0 Å². The summed E-state index contributed by atoms with van der Waals surface area (Å²) >= 11 is 0. The maximum atomic E-state index is 13.1. The fourth-order valence-electron chi connectivity index (χ4n) is 4.31. The Morgan fingerprint density at radius 1 is 1.00 bits per heavy atom. The van der Waals surface area contributed by atoms with Gasteiger partial charge in [0.05, 0.1) is 4.90 Å². The number of allylic oxidation sites excluding steroid dienone is 2. The fourth-order valence-corrected chi connectivity index (χ4v) is 5.90. The van der Waals surface area contributed by atoms with Crippen LogP contribution in [-0.4, -0.2) is 25.1 Å². The topological polar surface area (TPSA) is 54.5 Å². The van der Waals surface area contributed by atoms with Gasteiger partial charge in [-0.25, -0.2) is 8.42 Å². The van der Waals surface area contributed by atoms with Gasteiger partial charge in [0, 0.05) is 30.2 Å². The number of carbonyl (C=O) groups is 1. The first-order chi connectivity index (χ1) is 11.0. The summed E-state index contributed by atoms with van der Waals surface area (Å²) < 4.78 is 27.7. The zero-order chi connectivity index (χ0) is 16.2. The lowest BCUT2D eigenvalue weighted by Gasteiger charge is -2.30. The van der Waals surface area contributed by atoms with Gasteiger partial charge >= 0.3 is 0 Å². The lowest BCUT2D eigenvalue weighted by Crippen LogP contribution is -2.31. The predicted molar refractivity (Wildman–Crippen MR) is 87.2 cm³/mol. The normalized spacial score (nSPS) is 27.3. The van der Waals surface area contributed by atoms with Crippen molar-refractivity contribution in [2.24, 2.45) is 11.8 Å². The smallest absolute Gasteiger partial charge is 0.264 e. The first-order valence-corrected chi connectivity index (χ1v) is 9.79. The Bertz CT molecular complexity index is 792. The van der Waals surface area contributed by atoms with Gasteiger partial charge in [0.25, 0.3) is 10.0 Å². The van der Waals surface area contributed by atoms with Crippen LogP contribution in [0.15, 0.2) is 40.4 Å². The number of nitrogens with zero attached hydrogens (tertiary/aromatic N) is 1. The molecule has 1 aromatic rings. The maximum Gasteiger partial charge on any atom is 0.264 e. The molecule has 122 valence electrons. The molecule has 4 rings (SSSR count). The Kier molecular flexibility index (Phi) is 3.38. The molecular weight excluding hydrogens is 310 g/mol. The average Bonchev–Trinajstić information content (AvgIpc) is 3.11. The number of rotatable bonds is 2. The van der Waals surface area contributed by atoms with Gasteiger partial charge < -0.3 is 0 Å². The number of hydrogen-bond donors (Lipinski definition) is 0. The third kappa shape index (κ3) is 2.24. The molecule has 1 aromatic carbocycles. The molecular formula is C18H21NO3S. The highest BCUT2D eigenvalue weighted by Gasteiger charge is 2.45. The minimum Gasteiger partial charge on any atom is -0.294 e. The average molecular weight is 331 g/mol. The summed E-state index contributed by atoms with van der Waals surface area (Å²) in [6.07, 6.45) is 4.35. The van der Waals surface area contributed by atoms with Gasteiger partial charge in [0.15, 0.2) is 5.78 Å². The summed E-state index contributed by atoms with van der Waals surface area (Å²) in [6.45, 7) is 2.44. The Morgan fingerprint density at radius 3 is 2.43 bits per heavy atom. The van der Waals surface area contributed by atoms with Crippen LogP contribution in [0.1, 0.15) is 37.7 Å². The zero-order valence-electron chi connectivity index (χ0n) is 13.3. The molecule has 1 heterocycles. The molecule has 2 fully saturated rings. The van der Waals surface area contributed by atoms with Crippen molar-refractivity contribution in [1.82, 2.24) is 4.31 Å². The second-order valence-electron chi connectivity index (χ2n) is 6.91. The van der Waals surface area contributed by atoms with E-state index < -0.39 is 10.0 Å². The third-order valence-corrected chi connectivity index (χ3v) is 7.34. The Morgan fingerprint density at radius 2 is 1.70 bits per heavy atom. The molecule has 0 unspecified atom stereocenters. The monoisotopic (exact) mass is 331 g/mol. The largest absolute Gasteiger partial charge is 0.294 e. The second-order valence-corrected chi connectivity index (χ2v) is 8.77. The standard InChI is InChI=1S/C18H21NO3S/c1-12-2-7-15(8-3-12)23(21,22)19-11-10-14-5-4-13-6-9-16(20)17(13)18(14)19/h2-3,7-8,13-14H,4-6,9-11H2,1H3/t13-,14+/m1/s1. The van der Waals surface area contributed by atoms with E-state index in [9.17, 15) is 13.2 Å². The van der Waals surface area contributed by atoms with Crippen LogP contribution >= 0.6 is 0 Å². The summed E-state index contributed by atoms with van der Waals surface area (Å²) in [5.74, 6) is 0.687. The van der Waals surface area contributed by atoms with Crippen molar-refractivity contribution in [3.63, 3.8) is 0 Å². The Hall–Kier alpha value is -1.62. The first-order valence-electron chi connectivity index (χ1n) is 8.35. The summed E-state index contributed by atoms with van der Waals surface area (Å²) in [5.41, 5.74) is 2.69. The highest BCUT2D eigenvalue weighted by atomic mass is 32.2. The number of carbonyl (C=O) groups excluding carboxylic acids is 1. The molecule has 5 heteroatoms. The molecule has 1 saturated carbocycles. The van der Waals surface area contributed by atoms with E-state index in [0.29, 0.717) is 17.9 Å². The highest BCUT2D eigenvalue weighted by Crippen LogP contribution is 2.48. The van der Waals surface area contributed by atoms with Crippen LogP contribution in [0.3, 0.4) is 0 Å². The van der Waals surface area contributed by atoms with Gasteiger partial charge in [-0.1, -0.05) is 17.7 Å². The van der Waals surface area contributed by atoms with E-state index in [0.717, 1.165) is 42.5 Å². The SMILES string of the molecule is Cc1ccc(S(=O)(=O)N2CC[C@@H]3CC[C@@H]4CCC(=O)C4=C32)cc1. The van der Waals surface area contributed by atoms with Crippen LogP contribution in [-0.2, 0) is 14.8 Å². The van der Waals surface area contributed by atoms with Crippen molar-refractivity contribution in [1.29, 1.82) is 0 Å². The molecule has 0 spiro atoms. The Labute approximate surface area is 137 Å². The third-order valence-electron chi connectivity index (χ3n) is 5.51. The lowest BCUT2D eigenvalue weighted by molar-refractivity contribution is -0.114. The quantitative estimate of drug-likeness (QED) is 0.837. The number of aryl methyl sites for hydroxylation is 1. The number of ketones is 1. The van der Waals surface area contributed by atoms with E-state index in [-0.39, 0.29) is 17.6 Å². The zero-order valence-corrected chi connectivity index (χ0v) is 14.1. The molecule has 0 radical (unpaired) electrons. The molecule has 0 N–H and O–H groups in total. The lowest BCUT2D eigenvalue weighted by atomic mass is 9.81. The van der Waals surface area contributed by atoms with E-state index in [2.05, 4.69) is 0 Å². The predicted octanol–water partition coefficient (Wildman–Crippen LogP) is 3.03. The molecule has 1 aliphatic heterocycles. The van der Waals surface area contributed by atoms with Crippen LogP contribution in [0, 0.1) is 18.8 Å². The van der Waals surface area contributed by atoms with E-state index in [1.54, 1.807) is 12.1 Å². The van der Waals surface area contributed by atoms with Crippen molar-refractivity contribution in [3.05, 3.63) is 41.1 Å². The summed E-state index contributed by atoms with van der Waals surface area (Å²) in [5, 5.41) is 0. The number of sulfonamides is 1. The minimum absolute atomic E-state index is 0.167. The van der Waals surface area contributed by atoms with Crippen molar-refractivity contribution in [2.75, 3.05) is 6.54 Å². The molecule has 0 amide bonds. The van der Waals surface area contributed by atoms with Crippen molar-refractivity contribution in [2.45, 2.75) is 43.9 Å². The van der Waals surface area contributed by atoms with Gasteiger partial charge in [-0.2, -0.15) is 0 Å².